The second kappa shape index (κ2) is 5.78. The van der Waals surface area contributed by atoms with Crippen LogP contribution in [0.1, 0.15) is 11.1 Å². The van der Waals surface area contributed by atoms with Crippen LogP contribution in [0.5, 0.6) is 0 Å². The lowest BCUT2D eigenvalue weighted by Gasteiger charge is -2.15. The van der Waals surface area contributed by atoms with Gasteiger partial charge in [-0.3, -0.25) is 0 Å². The van der Waals surface area contributed by atoms with E-state index in [1.165, 1.54) is 12.1 Å². The molecule has 0 aliphatic carbocycles. The van der Waals surface area contributed by atoms with Gasteiger partial charge in [0.15, 0.2) is 0 Å². The molecule has 0 heterocycles. The van der Waals surface area contributed by atoms with Crippen molar-refractivity contribution in [2.24, 2.45) is 0 Å². The van der Waals surface area contributed by atoms with Gasteiger partial charge in [0.25, 0.3) is 0 Å². The van der Waals surface area contributed by atoms with Gasteiger partial charge in [0, 0.05) is 12.1 Å². The summed E-state index contributed by atoms with van der Waals surface area (Å²) in [6.45, 7) is -1.62. The minimum atomic E-state index is -4.16. The van der Waals surface area contributed by atoms with Crippen LogP contribution in [0.25, 0.3) is 0 Å². The number of halogens is 5. The molecule has 0 spiro atoms. The van der Waals surface area contributed by atoms with Crippen molar-refractivity contribution in [3.05, 3.63) is 35.1 Å². The lowest BCUT2D eigenvalue weighted by Crippen LogP contribution is -2.38. The summed E-state index contributed by atoms with van der Waals surface area (Å²) in [6.07, 6.45) is -3.78. The van der Waals surface area contributed by atoms with Crippen molar-refractivity contribution in [2.75, 3.05) is 6.54 Å². The van der Waals surface area contributed by atoms with E-state index in [0.717, 1.165) is 6.07 Å². The van der Waals surface area contributed by atoms with E-state index < -0.39 is 24.7 Å². The monoisotopic (exact) mass is 264 g/mol. The predicted octanol–water partition coefficient (Wildman–Crippen LogP) is 2.69. The van der Waals surface area contributed by atoms with Crippen LogP contribution in [0.15, 0.2) is 18.2 Å². The normalized spacial score (nSPS) is 11.6. The quantitative estimate of drug-likeness (QED) is 0.830. The van der Waals surface area contributed by atoms with E-state index in [1.54, 1.807) is 6.07 Å². The van der Waals surface area contributed by atoms with E-state index in [2.05, 4.69) is 0 Å². The van der Waals surface area contributed by atoms with Gasteiger partial charge >= 0.3 is 12.3 Å². The molecule has 1 N–H and O–H groups in total. The summed E-state index contributed by atoms with van der Waals surface area (Å²) in [5.41, 5.74) is 0.132. The van der Waals surface area contributed by atoms with Crippen molar-refractivity contribution in [3.8, 4) is 6.07 Å². The standard InChI is InChI=1S/C11H9F5N2/c12-9-2-1-7(4-17)3-8(9)5-18-6-11(15,16)10(13)14/h1-3,10,18H,5-6H2. The van der Waals surface area contributed by atoms with Crippen LogP contribution in [-0.4, -0.2) is 18.9 Å². The largest absolute Gasteiger partial charge is 0.319 e. The van der Waals surface area contributed by atoms with Crippen LogP contribution in [0.2, 0.25) is 0 Å². The minimum absolute atomic E-state index is 0.0286. The molecule has 0 aromatic heterocycles. The first-order valence-electron chi connectivity index (χ1n) is 4.92. The topological polar surface area (TPSA) is 35.8 Å². The predicted molar refractivity (Wildman–Crippen MR) is 53.8 cm³/mol. The Morgan fingerprint density at radius 3 is 2.56 bits per heavy atom. The van der Waals surface area contributed by atoms with Crippen molar-refractivity contribution in [1.82, 2.24) is 5.32 Å². The Morgan fingerprint density at radius 1 is 1.33 bits per heavy atom. The number of nitrogens with one attached hydrogen (secondary N) is 1. The Morgan fingerprint density at radius 2 is 2.00 bits per heavy atom. The highest BCUT2D eigenvalue weighted by Crippen LogP contribution is 2.21. The van der Waals surface area contributed by atoms with Crippen molar-refractivity contribution in [2.45, 2.75) is 18.9 Å². The second-order valence-electron chi connectivity index (χ2n) is 3.58. The molecule has 0 saturated carbocycles. The SMILES string of the molecule is N#Cc1ccc(F)c(CNCC(F)(F)C(F)F)c1. The zero-order chi connectivity index (χ0) is 13.8. The summed E-state index contributed by atoms with van der Waals surface area (Å²) in [7, 11) is 0. The maximum absolute atomic E-state index is 13.2. The molecule has 2 nitrogen and oxygen atoms in total. The molecule has 0 aliphatic heterocycles. The van der Waals surface area contributed by atoms with Crippen LogP contribution >= 0.6 is 0 Å². The number of nitriles is 1. The molecule has 0 unspecified atom stereocenters. The first-order valence-corrected chi connectivity index (χ1v) is 4.92. The smallest absolute Gasteiger partial charge is 0.307 e. The summed E-state index contributed by atoms with van der Waals surface area (Å²) in [6, 6.07) is 5.17. The summed E-state index contributed by atoms with van der Waals surface area (Å²) in [4.78, 5) is 0. The number of alkyl halides is 4. The summed E-state index contributed by atoms with van der Waals surface area (Å²) >= 11 is 0. The average Bonchev–Trinajstić information content (AvgIpc) is 2.31. The van der Waals surface area contributed by atoms with Crippen molar-refractivity contribution in [3.63, 3.8) is 0 Å². The average molecular weight is 264 g/mol. The minimum Gasteiger partial charge on any atom is -0.307 e. The highest BCUT2D eigenvalue weighted by molar-refractivity contribution is 5.33. The molecule has 0 bridgehead atoms. The molecule has 1 aromatic carbocycles. The van der Waals surface area contributed by atoms with Crippen LogP contribution in [0.3, 0.4) is 0 Å². The first-order chi connectivity index (χ1) is 8.36. The Balaban J connectivity index is 2.62. The molecule has 0 fully saturated rings. The Kier molecular flexibility index (Phi) is 4.62. The Bertz CT molecular complexity index is 453. The van der Waals surface area contributed by atoms with E-state index >= 15 is 0 Å². The molecule has 18 heavy (non-hydrogen) atoms. The molecule has 98 valence electrons. The molecule has 7 heteroatoms. The first kappa shape index (κ1) is 14.4. The number of nitrogens with zero attached hydrogens (tertiary/aromatic N) is 1. The van der Waals surface area contributed by atoms with E-state index in [-0.39, 0.29) is 17.7 Å². The van der Waals surface area contributed by atoms with Crippen LogP contribution in [-0.2, 0) is 6.54 Å². The fourth-order valence-electron chi connectivity index (χ4n) is 1.22. The third kappa shape index (κ3) is 3.67. The van der Waals surface area contributed by atoms with Crippen molar-refractivity contribution < 1.29 is 22.0 Å². The fraction of sp³-hybridized carbons (Fsp3) is 0.364. The van der Waals surface area contributed by atoms with Gasteiger partial charge in [0.1, 0.15) is 5.82 Å². The van der Waals surface area contributed by atoms with Gasteiger partial charge in [0.2, 0.25) is 0 Å². The van der Waals surface area contributed by atoms with Crippen LogP contribution in [0.4, 0.5) is 22.0 Å². The number of hydrogen-bond acceptors (Lipinski definition) is 2. The van der Waals surface area contributed by atoms with Crippen molar-refractivity contribution >= 4 is 0 Å². The van der Waals surface area contributed by atoms with Gasteiger partial charge in [-0.2, -0.15) is 14.0 Å². The van der Waals surface area contributed by atoms with Crippen molar-refractivity contribution in [1.29, 1.82) is 5.26 Å². The molecule has 0 saturated heterocycles. The highest BCUT2D eigenvalue weighted by Gasteiger charge is 2.39. The van der Waals surface area contributed by atoms with E-state index in [0.29, 0.717) is 0 Å². The van der Waals surface area contributed by atoms with Crippen LogP contribution in [0, 0.1) is 17.1 Å². The van der Waals surface area contributed by atoms with E-state index in [4.69, 9.17) is 5.26 Å². The zero-order valence-corrected chi connectivity index (χ0v) is 9.06. The Hall–Kier alpha value is -1.68. The summed E-state index contributed by atoms with van der Waals surface area (Å²) in [5, 5.41) is 10.6. The van der Waals surface area contributed by atoms with E-state index in [1.807, 2.05) is 5.32 Å². The molecule has 0 amide bonds. The van der Waals surface area contributed by atoms with Gasteiger partial charge in [0.05, 0.1) is 18.2 Å². The summed E-state index contributed by atoms with van der Waals surface area (Å²) < 4.78 is 61.9. The molecule has 0 radical (unpaired) electrons. The van der Waals surface area contributed by atoms with Gasteiger partial charge < -0.3 is 5.32 Å². The number of hydrogen-bond donors (Lipinski definition) is 1. The summed E-state index contributed by atoms with van der Waals surface area (Å²) in [5.74, 6) is -4.86. The Labute approximate surface area is 100 Å². The number of rotatable bonds is 5. The molecule has 1 rings (SSSR count). The lowest BCUT2D eigenvalue weighted by molar-refractivity contribution is -0.125. The third-order valence-electron chi connectivity index (χ3n) is 2.17. The third-order valence-corrected chi connectivity index (χ3v) is 2.17. The highest BCUT2D eigenvalue weighted by atomic mass is 19.3. The fourth-order valence-corrected chi connectivity index (χ4v) is 1.22. The maximum Gasteiger partial charge on any atom is 0.319 e. The molecule has 0 aliphatic rings. The van der Waals surface area contributed by atoms with Gasteiger partial charge in [-0.05, 0) is 18.2 Å². The lowest BCUT2D eigenvalue weighted by atomic mass is 10.1. The number of benzene rings is 1. The molecule has 0 atom stereocenters. The maximum atomic E-state index is 13.2. The molecular weight excluding hydrogens is 255 g/mol. The second-order valence-corrected chi connectivity index (χ2v) is 3.58. The van der Waals surface area contributed by atoms with Gasteiger partial charge in [-0.1, -0.05) is 0 Å². The van der Waals surface area contributed by atoms with Crippen LogP contribution < -0.4 is 5.32 Å². The molecule has 1 aromatic rings. The van der Waals surface area contributed by atoms with E-state index in [9.17, 15) is 22.0 Å². The molecular formula is C11H9F5N2. The van der Waals surface area contributed by atoms with Gasteiger partial charge in [-0.15, -0.1) is 0 Å². The van der Waals surface area contributed by atoms with Gasteiger partial charge in [-0.25, -0.2) is 13.2 Å². The zero-order valence-electron chi connectivity index (χ0n) is 9.06.